The maximum Gasteiger partial charge on any atom is 0.242 e. The van der Waals surface area contributed by atoms with Gasteiger partial charge in [-0.15, -0.1) is 0 Å². The number of nitrogens with zero attached hydrogens (tertiary/aromatic N) is 1. The van der Waals surface area contributed by atoms with Gasteiger partial charge in [0.1, 0.15) is 12.8 Å². The average Bonchev–Trinajstić information content (AvgIpc) is 3.14. The second kappa shape index (κ2) is 11.5. The third-order valence-electron chi connectivity index (χ3n) is 4.64. The number of amides is 2. The Labute approximate surface area is 164 Å². The molecule has 0 aromatic heterocycles. The number of hydrogen-bond acceptors (Lipinski definition) is 4. The van der Waals surface area contributed by atoms with Crippen molar-refractivity contribution in [2.24, 2.45) is 0 Å². The molecule has 2 atom stereocenters. The van der Waals surface area contributed by atoms with Crippen LogP contribution in [0.25, 0.3) is 0 Å². The summed E-state index contributed by atoms with van der Waals surface area (Å²) in [6, 6.07) is 8.92. The van der Waals surface area contributed by atoms with E-state index >= 15 is 0 Å². The third-order valence-corrected chi connectivity index (χ3v) is 4.64. The summed E-state index contributed by atoms with van der Waals surface area (Å²) in [7, 11) is 0. The zero-order valence-electron chi connectivity index (χ0n) is 16.3. The van der Waals surface area contributed by atoms with E-state index in [-0.39, 0.29) is 20.7 Å². The van der Waals surface area contributed by atoms with E-state index in [9.17, 15) is 9.59 Å². The number of carbonyl (C=O) groups is 2. The highest BCUT2D eigenvalue weighted by Gasteiger charge is 2.33. The number of benzene rings is 1. The molecule has 1 aromatic rings. The van der Waals surface area contributed by atoms with Crippen LogP contribution in [-0.2, 0) is 20.7 Å². The maximum atomic E-state index is 12.9. The molecule has 6 heteroatoms. The lowest BCUT2D eigenvalue weighted by Crippen LogP contribution is -2.53. The monoisotopic (exact) mass is 377 g/mol. The summed E-state index contributed by atoms with van der Waals surface area (Å²) < 4.78 is 5.60. The standard InChI is InChI=1S/C21H31N3O3.2H2/c1-3-5-14-27-16-24-13-9-12-19(24)21(26)23-18(20(25)22-4-2)15-17-10-7-6-8-11-17;;/h3,5-8,10-11,18-19H,4,9,12-16H2,1-2H3,(H,22,25)(H,23,26);2*1H/b5-3+;;/t18-,19-;;/m0../s1. The second-order valence-electron chi connectivity index (χ2n) is 6.68. The number of rotatable bonds is 10. The molecule has 0 aliphatic carbocycles. The van der Waals surface area contributed by atoms with E-state index in [1.165, 1.54) is 0 Å². The molecule has 2 N–H and O–H groups in total. The first kappa shape index (κ1) is 21.1. The molecule has 0 saturated carbocycles. The Morgan fingerprint density at radius 3 is 2.85 bits per heavy atom. The third kappa shape index (κ3) is 6.81. The number of hydrogen-bond donors (Lipinski definition) is 2. The van der Waals surface area contributed by atoms with Crippen LogP contribution in [-0.4, -0.2) is 55.2 Å². The zero-order chi connectivity index (χ0) is 19.5. The summed E-state index contributed by atoms with van der Waals surface area (Å²) in [5, 5.41) is 5.78. The van der Waals surface area contributed by atoms with Crippen molar-refractivity contribution in [2.45, 2.75) is 45.2 Å². The number of likely N-dealkylation sites (N-methyl/N-ethyl adjacent to an activating group) is 1. The lowest BCUT2D eigenvalue weighted by molar-refractivity contribution is -0.132. The highest BCUT2D eigenvalue weighted by molar-refractivity contribution is 5.90. The number of carbonyl (C=O) groups excluding carboxylic acids is 2. The average molecular weight is 378 g/mol. The molecule has 2 rings (SSSR count). The van der Waals surface area contributed by atoms with Gasteiger partial charge in [-0.3, -0.25) is 14.5 Å². The molecule has 152 valence electrons. The Balaban J connectivity index is 0.00000392. The normalized spacial score (nSPS) is 18.5. The van der Waals surface area contributed by atoms with Crippen molar-refractivity contribution in [3.8, 4) is 0 Å². The molecule has 1 heterocycles. The summed E-state index contributed by atoms with van der Waals surface area (Å²) in [6.45, 7) is 6.15. The van der Waals surface area contributed by atoms with E-state index in [0.29, 0.717) is 26.3 Å². The zero-order valence-corrected chi connectivity index (χ0v) is 16.3. The molecule has 27 heavy (non-hydrogen) atoms. The molecule has 2 amide bonds. The van der Waals surface area contributed by atoms with E-state index in [4.69, 9.17) is 4.74 Å². The predicted molar refractivity (Wildman–Crippen MR) is 110 cm³/mol. The smallest absolute Gasteiger partial charge is 0.242 e. The largest absolute Gasteiger partial charge is 0.362 e. The van der Waals surface area contributed by atoms with Gasteiger partial charge in [-0.05, 0) is 32.3 Å². The van der Waals surface area contributed by atoms with Crippen molar-refractivity contribution >= 4 is 11.8 Å². The predicted octanol–water partition coefficient (Wildman–Crippen LogP) is 2.36. The second-order valence-corrected chi connectivity index (χ2v) is 6.68. The van der Waals surface area contributed by atoms with Crippen LogP contribution in [0.1, 0.15) is 35.1 Å². The van der Waals surface area contributed by atoms with Gasteiger partial charge in [-0.2, -0.15) is 0 Å². The van der Waals surface area contributed by atoms with Crippen LogP contribution in [0.2, 0.25) is 0 Å². The molecule has 0 bridgehead atoms. The number of allylic oxidation sites excluding steroid dienone is 1. The number of ether oxygens (including phenoxy) is 1. The minimum absolute atomic E-state index is 0. The lowest BCUT2D eigenvalue weighted by Gasteiger charge is -2.26. The Morgan fingerprint density at radius 1 is 1.37 bits per heavy atom. The van der Waals surface area contributed by atoms with Gasteiger partial charge in [0.2, 0.25) is 11.8 Å². The molecule has 1 aliphatic rings. The fourth-order valence-corrected chi connectivity index (χ4v) is 3.24. The highest BCUT2D eigenvalue weighted by Crippen LogP contribution is 2.17. The first-order valence-corrected chi connectivity index (χ1v) is 9.70. The number of likely N-dealkylation sites (tertiary alicyclic amines) is 1. The maximum absolute atomic E-state index is 12.9. The Hall–Kier alpha value is -2.18. The van der Waals surface area contributed by atoms with Crippen molar-refractivity contribution in [1.29, 1.82) is 0 Å². The van der Waals surface area contributed by atoms with E-state index in [1.807, 2.05) is 61.2 Å². The summed E-state index contributed by atoms with van der Waals surface area (Å²) in [5.74, 6) is -0.252. The van der Waals surface area contributed by atoms with Crippen LogP contribution < -0.4 is 10.6 Å². The molecule has 1 fully saturated rings. The van der Waals surface area contributed by atoms with E-state index < -0.39 is 6.04 Å². The summed E-state index contributed by atoms with van der Waals surface area (Å²) in [5.41, 5.74) is 1.02. The topological polar surface area (TPSA) is 70.7 Å². The van der Waals surface area contributed by atoms with Crippen LogP contribution in [0.4, 0.5) is 0 Å². The van der Waals surface area contributed by atoms with Crippen molar-refractivity contribution in [3.05, 3.63) is 48.0 Å². The molecular weight excluding hydrogens is 342 g/mol. The highest BCUT2D eigenvalue weighted by atomic mass is 16.5. The van der Waals surface area contributed by atoms with Crippen molar-refractivity contribution in [3.63, 3.8) is 0 Å². The van der Waals surface area contributed by atoms with Gasteiger partial charge >= 0.3 is 0 Å². The van der Waals surface area contributed by atoms with Crippen molar-refractivity contribution in [1.82, 2.24) is 15.5 Å². The van der Waals surface area contributed by atoms with Gasteiger partial charge in [-0.25, -0.2) is 0 Å². The van der Waals surface area contributed by atoms with Crippen LogP contribution >= 0.6 is 0 Å². The van der Waals surface area contributed by atoms with Crippen LogP contribution in [0.15, 0.2) is 42.5 Å². The fraction of sp³-hybridized carbons (Fsp3) is 0.524. The van der Waals surface area contributed by atoms with E-state index in [0.717, 1.165) is 24.9 Å². The van der Waals surface area contributed by atoms with Crippen LogP contribution in [0.5, 0.6) is 0 Å². The molecule has 1 aromatic carbocycles. The molecule has 0 radical (unpaired) electrons. The molecule has 1 saturated heterocycles. The van der Waals surface area contributed by atoms with E-state index in [2.05, 4.69) is 10.6 Å². The first-order chi connectivity index (χ1) is 13.2. The summed E-state index contributed by atoms with van der Waals surface area (Å²) >= 11 is 0. The van der Waals surface area contributed by atoms with Gasteiger partial charge in [0.15, 0.2) is 0 Å². The van der Waals surface area contributed by atoms with Crippen LogP contribution in [0.3, 0.4) is 0 Å². The SMILES string of the molecule is C/C=C/COCN1CCC[C@H]1C(=O)N[C@@H](Cc1ccccc1)C(=O)NCC.[HH].[HH]. The Bertz CT molecular complexity index is 629. The number of nitrogens with one attached hydrogen (secondary N) is 2. The van der Waals surface area contributed by atoms with Crippen molar-refractivity contribution < 1.29 is 17.2 Å². The molecule has 0 unspecified atom stereocenters. The Morgan fingerprint density at radius 2 is 2.15 bits per heavy atom. The Kier molecular flexibility index (Phi) is 9.01. The molecule has 0 spiro atoms. The molecule has 6 nitrogen and oxygen atoms in total. The van der Waals surface area contributed by atoms with Gasteiger partial charge in [0.05, 0.1) is 12.6 Å². The first-order valence-electron chi connectivity index (χ1n) is 9.70. The summed E-state index contributed by atoms with van der Waals surface area (Å²) in [6.07, 6.45) is 6.09. The quantitative estimate of drug-likeness (QED) is 0.485. The molecular formula is C21H35N3O3. The minimum Gasteiger partial charge on any atom is -0.362 e. The molecule has 1 aliphatic heterocycles. The lowest BCUT2D eigenvalue weighted by atomic mass is 10.0. The van der Waals surface area contributed by atoms with E-state index in [1.54, 1.807) is 0 Å². The van der Waals surface area contributed by atoms with Gasteiger partial charge < -0.3 is 15.4 Å². The minimum atomic E-state index is -0.578. The van der Waals surface area contributed by atoms with Crippen molar-refractivity contribution in [2.75, 3.05) is 26.4 Å². The van der Waals surface area contributed by atoms with Gasteiger partial charge in [0.25, 0.3) is 0 Å². The van der Waals surface area contributed by atoms with Gasteiger partial charge in [-0.1, -0.05) is 42.5 Å². The summed E-state index contributed by atoms with van der Waals surface area (Å²) in [4.78, 5) is 27.3. The van der Waals surface area contributed by atoms with Crippen LogP contribution in [0, 0.1) is 0 Å². The van der Waals surface area contributed by atoms with Gasteiger partial charge in [0, 0.05) is 22.4 Å². The fourth-order valence-electron chi connectivity index (χ4n) is 3.24.